The van der Waals surface area contributed by atoms with Gasteiger partial charge in [-0.25, -0.2) is 0 Å². The van der Waals surface area contributed by atoms with Gasteiger partial charge in [0.05, 0.1) is 6.10 Å². The van der Waals surface area contributed by atoms with Gasteiger partial charge in [-0.3, -0.25) is 5.32 Å². The smallest absolute Gasteiger partial charge is 0.120 e. The number of aromatic hydroxyl groups is 1. The van der Waals surface area contributed by atoms with Crippen molar-refractivity contribution in [3.8, 4) is 5.75 Å². The standard InChI is InChI=1S/C14H19NO2.ClH/c16-12-6-4-5-11(9-12)13-10-15-14(17-13)7-2-1-3-8-14;/h4-6,9,13,15-16H,1-3,7-8,10H2;1H. The van der Waals surface area contributed by atoms with E-state index in [2.05, 4.69) is 5.32 Å². The van der Waals surface area contributed by atoms with Crippen LogP contribution in [0.15, 0.2) is 24.3 Å². The van der Waals surface area contributed by atoms with Gasteiger partial charge >= 0.3 is 0 Å². The zero-order chi connectivity index (χ0) is 11.7. The van der Waals surface area contributed by atoms with Crippen molar-refractivity contribution < 1.29 is 9.84 Å². The second kappa shape index (κ2) is 5.47. The van der Waals surface area contributed by atoms with E-state index in [9.17, 15) is 5.11 Å². The first-order valence-electron chi connectivity index (χ1n) is 6.49. The number of hydrogen-bond donors (Lipinski definition) is 2. The van der Waals surface area contributed by atoms with Gasteiger partial charge in [-0.1, -0.05) is 18.6 Å². The van der Waals surface area contributed by atoms with Crippen molar-refractivity contribution in [2.24, 2.45) is 0 Å². The quantitative estimate of drug-likeness (QED) is 0.823. The molecule has 0 radical (unpaired) electrons. The summed E-state index contributed by atoms with van der Waals surface area (Å²) in [6, 6.07) is 7.39. The molecule has 1 saturated carbocycles. The molecule has 1 spiro atoms. The van der Waals surface area contributed by atoms with E-state index in [0.29, 0.717) is 5.75 Å². The second-order valence-corrected chi connectivity index (χ2v) is 5.14. The van der Waals surface area contributed by atoms with E-state index in [1.54, 1.807) is 12.1 Å². The van der Waals surface area contributed by atoms with Crippen molar-refractivity contribution in [2.75, 3.05) is 6.54 Å². The number of benzene rings is 1. The number of phenols is 1. The van der Waals surface area contributed by atoms with Gasteiger partial charge in [-0.05, 0) is 43.4 Å². The van der Waals surface area contributed by atoms with E-state index in [0.717, 1.165) is 24.9 Å². The zero-order valence-electron chi connectivity index (χ0n) is 10.4. The highest BCUT2D eigenvalue weighted by atomic mass is 35.5. The summed E-state index contributed by atoms with van der Waals surface area (Å²) in [4.78, 5) is 0. The van der Waals surface area contributed by atoms with Crippen molar-refractivity contribution in [1.29, 1.82) is 0 Å². The molecular weight excluding hydrogens is 250 g/mol. The van der Waals surface area contributed by atoms with Crippen LogP contribution in [0.2, 0.25) is 0 Å². The second-order valence-electron chi connectivity index (χ2n) is 5.14. The maximum Gasteiger partial charge on any atom is 0.120 e. The Hall–Kier alpha value is -0.770. The highest BCUT2D eigenvalue weighted by Crippen LogP contribution is 2.38. The molecule has 1 aromatic carbocycles. The predicted molar refractivity (Wildman–Crippen MR) is 73.0 cm³/mol. The number of hydrogen-bond acceptors (Lipinski definition) is 3. The van der Waals surface area contributed by atoms with Gasteiger partial charge < -0.3 is 9.84 Å². The Kier molecular flexibility index (Phi) is 4.15. The van der Waals surface area contributed by atoms with Crippen LogP contribution in [0.1, 0.15) is 43.8 Å². The van der Waals surface area contributed by atoms with Gasteiger partial charge in [0, 0.05) is 6.54 Å². The van der Waals surface area contributed by atoms with Gasteiger partial charge in [0.25, 0.3) is 0 Å². The van der Waals surface area contributed by atoms with Crippen LogP contribution in [0.4, 0.5) is 0 Å². The first kappa shape index (κ1) is 13.7. The summed E-state index contributed by atoms with van der Waals surface area (Å²) < 4.78 is 6.21. The molecule has 2 fully saturated rings. The van der Waals surface area contributed by atoms with Crippen LogP contribution >= 0.6 is 12.4 Å². The molecule has 1 heterocycles. The molecule has 3 nitrogen and oxygen atoms in total. The molecule has 1 aliphatic carbocycles. The van der Waals surface area contributed by atoms with Gasteiger partial charge in [-0.2, -0.15) is 0 Å². The van der Waals surface area contributed by atoms with E-state index < -0.39 is 0 Å². The fourth-order valence-electron chi connectivity index (χ4n) is 2.96. The molecule has 1 atom stereocenters. The number of nitrogens with one attached hydrogen (secondary N) is 1. The normalized spacial score (nSPS) is 25.9. The Morgan fingerprint density at radius 2 is 2.00 bits per heavy atom. The molecule has 1 unspecified atom stereocenters. The van der Waals surface area contributed by atoms with E-state index in [-0.39, 0.29) is 24.2 Å². The fraction of sp³-hybridized carbons (Fsp3) is 0.571. The molecule has 0 aromatic heterocycles. The summed E-state index contributed by atoms with van der Waals surface area (Å²) in [5, 5.41) is 13.0. The maximum absolute atomic E-state index is 9.50. The topological polar surface area (TPSA) is 41.5 Å². The first-order chi connectivity index (χ1) is 8.27. The Bertz CT molecular complexity index is 405. The molecule has 1 saturated heterocycles. The lowest BCUT2D eigenvalue weighted by Gasteiger charge is -2.33. The molecule has 1 aromatic rings. The number of phenolic OH excluding ortho intramolecular Hbond substituents is 1. The van der Waals surface area contributed by atoms with E-state index in [1.165, 1.54) is 19.3 Å². The van der Waals surface area contributed by atoms with Crippen LogP contribution in [-0.2, 0) is 4.74 Å². The van der Waals surface area contributed by atoms with Crippen molar-refractivity contribution in [2.45, 2.75) is 43.9 Å². The maximum atomic E-state index is 9.50. The van der Waals surface area contributed by atoms with E-state index >= 15 is 0 Å². The SMILES string of the molecule is Cl.Oc1cccc(C2CNC3(CCCCC3)O2)c1. The molecule has 2 N–H and O–H groups in total. The van der Waals surface area contributed by atoms with Crippen LogP contribution in [-0.4, -0.2) is 17.4 Å². The summed E-state index contributed by atoms with van der Waals surface area (Å²) >= 11 is 0. The molecule has 0 amide bonds. The Morgan fingerprint density at radius 1 is 1.22 bits per heavy atom. The molecular formula is C14H20ClNO2. The molecule has 100 valence electrons. The molecule has 18 heavy (non-hydrogen) atoms. The number of rotatable bonds is 1. The molecule has 1 aliphatic heterocycles. The predicted octanol–water partition coefficient (Wildman–Crippen LogP) is 3.14. The van der Waals surface area contributed by atoms with Crippen LogP contribution < -0.4 is 5.32 Å². The fourth-order valence-corrected chi connectivity index (χ4v) is 2.96. The number of halogens is 1. The van der Waals surface area contributed by atoms with Crippen LogP contribution in [0, 0.1) is 0 Å². The first-order valence-corrected chi connectivity index (χ1v) is 6.49. The average Bonchev–Trinajstić information content (AvgIpc) is 2.74. The van der Waals surface area contributed by atoms with Gasteiger partial charge in [0.2, 0.25) is 0 Å². The summed E-state index contributed by atoms with van der Waals surface area (Å²) in [6.07, 6.45) is 6.13. The highest BCUT2D eigenvalue weighted by molar-refractivity contribution is 5.85. The Morgan fingerprint density at radius 3 is 2.72 bits per heavy atom. The molecule has 2 aliphatic rings. The summed E-state index contributed by atoms with van der Waals surface area (Å²) in [5.74, 6) is 0.315. The minimum absolute atomic E-state index is 0. The largest absolute Gasteiger partial charge is 0.508 e. The molecule has 0 bridgehead atoms. The number of ether oxygens (including phenoxy) is 1. The van der Waals surface area contributed by atoms with Crippen molar-refractivity contribution >= 4 is 12.4 Å². The van der Waals surface area contributed by atoms with E-state index in [4.69, 9.17) is 4.74 Å². The monoisotopic (exact) mass is 269 g/mol. The summed E-state index contributed by atoms with van der Waals surface area (Å²) in [6.45, 7) is 0.851. The lowest BCUT2D eigenvalue weighted by molar-refractivity contribution is -0.0745. The molecule has 4 heteroatoms. The third kappa shape index (κ3) is 2.63. The third-order valence-corrected chi connectivity index (χ3v) is 3.88. The van der Waals surface area contributed by atoms with Crippen LogP contribution in [0.3, 0.4) is 0 Å². The highest BCUT2D eigenvalue weighted by Gasteiger charge is 2.40. The average molecular weight is 270 g/mol. The Labute approximate surface area is 114 Å². The molecule has 3 rings (SSSR count). The lowest BCUT2D eigenvalue weighted by Crippen LogP contribution is -2.42. The Balaban J connectivity index is 0.00000120. The zero-order valence-corrected chi connectivity index (χ0v) is 11.2. The lowest BCUT2D eigenvalue weighted by atomic mass is 9.92. The van der Waals surface area contributed by atoms with Crippen molar-refractivity contribution in [3.05, 3.63) is 29.8 Å². The van der Waals surface area contributed by atoms with Gasteiger partial charge in [-0.15, -0.1) is 12.4 Å². The van der Waals surface area contributed by atoms with Gasteiger partial charge in [0.1, 0.15) is 11.5 Å². The minimum Gasteiger partial charge on any atom is -0.508 e. The van der Waals surface area contributed by atoms with Crippen molar-refractivity contribution in [3.63, 3.8) is 0 Å². The third-order valence-electron chi connectivity index (χ3n) is 3.88. The summed E-state index contributed by atoms with van der Waals surface area (Å²) in [5.41, 5.74) is 0.980. The summed E-state index contributed by atoms with van der Waals surface area (Å²) in [7, 11) is 0. The van der Waals surface area contributed by atoms with Crippen LogP contribution in [0.5, 0.6) is 5.75 Å². The van der Waals surface area contributed by atoms with Crippen LogP contribution in [0.25, 0.3) is 0 Å². The minimum atomic E-state index is -0.0889. The van der Waals surface area contributed by atoms with E-state index in [1.807, 2.05) is 12.1 Å². The van der Waals surface area contributed by atoms with Gasteiger partial charge in [0.15, 0.2) is 0 Å². The van der Waals surface area contributed by atoms with Crippen molar-refractivity contribution in [1.82, 2.24) is 5.32 Å².